The Morgan fingerprint density at radius 1 is 1.05 bits per heavy atom. The molecule has 2 aromatic heterocycles. The van der Waals surface area contributed by atoms with Crippen LogP contribution in [0.5, 0.6) is 5.88 Å². The fraction of sp³-hybridized carbons (Fsp3) is 0. The lowest BCUT2D eigenvalue weighted by Gasteiger charge is -2.01. The normalized spacial score (nSPS) is 11.4. The van der Waals surface area contributed by atoms with Crippen molar-refractivity contribution in [3.63, 3.8) is 0 Å². The predicted molar refractivity (Wildman–Crippen MR) is 83.0 cm³/mol. The molecule has 0 atom stereocenters. The molecular weight excluding hydrogens is 305 g/mol. The SMILES string of the molecule is Oc1c2ncc3cccc(F)c3c2nn1-c1ccc(Cl)cc1. The molecule has 4 rings (SSSR count). The van der Waals surface area contributed by atoms with E-state index < -0.39 is 5.82 Å². The van der Waals surface area contributed by atoms with Crippen LogP contribution in [0, 0.1) is 5.82 Å². The van der Waals surface area contributed by atoms with E-state index in [0.29, 0.717) is 27.0 Å². The highest BCUT2D eigenvalue weighted by atomic mass is 35.5. The predicted octanol–water partition coefficient (Wildman–Crippen LogP) is 4.07. The van der Waals surface area contributed by atoms with Gasteiger partial charge in [0.2, 0.25) is 5.88 Å². The van der Waals surface area contributed by atoms with E-state index >= 15 is 0 Å². The Labute approximate surface area is 129 Å². The number of halogens is 2. The monoisotopic (exact) mass is 313 g/mol. The van der Waals surface area contributed by atoms with Gasteiger partial charge >= 0.3 is 0 Å². The number of benzene rings is 2. The van der Waals surface area contributed by atoms with Gasteiger partial charge in [0.15, 0.2) is 5.52 Å². The molecule has 2 aromatic carbocycles. The summed E-state index contributed by atoms with van der Waals surface area (Å²) >= 11 is 5.86. The topological polar surface area (TPSA) is 50.9 Å². The fourth-order valence-electron chi connectivity index (χ4n) is 2.48. The summed E-state index contributed by atoms with van der Waals surface area (Å²) in [6.45, 7) is 0. The summed E-state index contributed by atoms with van der Waals surface area (Å²) in [5.74, 6) is -0.534. The van der Waals surface area contributed by atoms with E-state index in [0.717, 1.165) is 0 Å². The average molecular weight is 314 g/mol. The van der Waals surface area contributed by atoms with E-state index in [4.69, 9.17) is 11.6 Å². The van der Waals surface area contributed by atoms with Gasteiger partial charge in [0.25, 0.3) is 0 Å². The molecule has 0 spiro atoms. The van der Waals surface area contributed by atoms with E-state index in [2.05, 4.69) is 10.1 Å². The lowest BCUT2D eigenvalue weighted by atomic mass is 10.1. The van der Waals surface area contributed by atoms with Gasteiger partial charge in [0.1, 0.15) is 11.3 Å². The Balaban J connectivity index is 2.08. The molecule has 0 saturated heterocycles. The average Bonchev–Trinajstić information content (AvgIpc) is 2.85. The zero-order valence-corrected chi connectivity index (χ0v) is 11.9. The Hall–Kier alpha value is -2.66. The summed E-state index contributed by atoms with van der Waals surface area (Å²) in [6.07, 6.45) is 1.52. The van der Waals surface area contributed by atoms with Gasteiger partial charge in [0.05, 0.1) is 5.69 Å². The van der Waals surface area contributed by atoms with Gasteiger partial charge in [0, 0.05) is 22.0 Å². The van der Waals surface area contributed by atoms with Crippen LogP contribution in [-0.4, -0.2) is 19.9 Å². The van der Waals surface area contributed by atoms with Gasteiger partial charge in [-0.2, -0.15) is 9.78 Å². The van der Waals surface area contributed by atoms with Crippen LogP contribution in [0.4, 0.5) is 4.39 Å². The molecule has 108 valence electrons. The van der Waals surface area contributed by atoms with Gasteiger partial charge < -0.3 is 5.11 Å². The molecule has 22 heavy (non-hydrogen) atoms. The second-order valence-corrected chi connectivity index (χ2v) is 5.31. The first kappa shape index (κ1) is 13.0. The third-order valence-electron chi connectivity index (χ3n) is 3.52. The molecule has 4 nitrogen and oxygen atoms in total. The molecule has 0 amide bonds. The quantitative estimate of drug-likeness (QED) is 0.576. The summed E-state index contributed by atoms with van der Waals surface area (Å²) in [4.78, 5) is 4.19. The molecule has 0 aliphatic rings. The molecule has 1 N–H and O–H groups in total. The van der Waals surface area contributed by atoms with Gasteiger partial charge in [-0.3, -0.25) is 0 Å². The van der Waals surface area contributed by atoms with Crippen LogP contribution in [0.15, 0.2) is 48.7 Å². The summed E-state index contributed by atoms with van der Waals surface area (Å²) in [6, 6.07) is 11.5. The largest absolute Gasteiger partial charge is 0.492 e. The molecule has 0 saturated carbocycles. The second kappa shape index (κ2) is 4.68. The first-order valence-electron chi connectivity index (χ1n) is 6.56. The first-order chi connectivity index (χ1) is 10.6. The Kier molecular flexibility index (Phi) is 2.77. The van der Waals surface area contributed by atoms with E-state index in [1.54, 1.807) is 36.4 Å². The molecule has 2 heterocycles. The van der Waals surface area contributed by atoms with Crippen molar-refractivity contribution >= 4 is 33.4 Å². The van der Waals surface area contributed by atoms with Crippen molar-refractivity contribution in [2.24, 2.45) is 0 Å². The zero-order chi connectivity index (χ0) is 15.3. The third kappa shape index (κ3) is 1.83. The van der Waals surface area contributed by atoms with E-state index in [1.165, 1.54) is 16.9 Å². The number of rotatable bonds is 1. The lowest BCUT2D eigenvalue weighted by Crippen LogP contribution is -1.95. The molecule has 4 aromatic rings. The van der Waals surface area contributed by atoms with Gasteiger partial charge in [-0.1, -0.05) is 23.7 Å². The van der Waals surface area contributed by atoms with Gasteiger partial charge in [-0.05, 0) is 30.3 Å². The minimum Gasteiger partial charge on any atom is -0.492 e. The molecule has 0 bridgehead atoms. The molecule has 0 unspecified atom stereocenters. The van der Waals surface area contributed by atoms with Crippen LogP contribution < -0.4 is 0 Å². The van der Waals surface area contributed by atoms with Crippen molar-refractivity contribution in [2.45, 2.75) is 0 Å². The highest BCUT2D eigenvalue weighted by Crippen LogP contribution is 2.32. The van der Waals surface area contributed by atoms with Crippen molar-refractivity contribution in [1.82, 2.24) is 14.8 Å². The van der Waals surface area contributed by atoms with Crippen LogP contribution in [-0.2, 0) is 0 Å². The molecule has 0 aliphatic carbocycles. The summed E-state index contributed by atoms with van der Waals surface area (Å²) in [5, 5.41) is 16.2. The second-order valence-electron chi connectivity index (χ2n) is 4.87. The maximum absolute atomic E-state index is 14.1. The minimum absolute atomic E-state index is 0.137. The highest BCUT2D eigenvalue weighted by molar-refractivity contribution is 6.30. The van der Waals surface area contributed by atoms with Crippen LogP contribution in [0.2, 0.25) is 5.02 Å². The standard InChI is InChI=1S/C16H9ClFN3O/c17-10-4-6-11(7-5-10)21-16(22)15-14(20-21)13-9(8-19-15)2-1-3-12(13)18/h1-8,22H. The van der Waals surface area contributed by atoms with E-state index in [1.807, 2.05) is 0 Å². The van der Waals surface area contributed by atoms with Crippen molar-refractivity contribution in [3.05, 3.63) is 59.5 Å². The zero-order valence-electron chi connectivity index (χ0n) is 11.2. The Bertz CT molecular complexity index is 1010. The number of fused-ring (bicyclic) bond motifs is 3. The van der Waals surface area contributed by atoms with Crippen molar-refractivity contribution in [3.8, 4) is 11.6 Å². The van der Waals surface area contributed by atoms with Crippen LogP contribution >= 0.6 is 11.6 Å². The number of pyridine rings is 1. The number of nitrogens with zero attached hydrogens (tertiary/aromatic N) is 3. The lowest BCUT2D eigenvalue weighted by molar-refractivity contribution is 0.437. The summed E-state index contributed by atoms with van der Waals surface area (Å²) < 4.78 is 15.5. The first-order valence-corrected chi connectivity index (χ1v) is 6.94. The number of hydrogen-bond acceptors (Lipinski definition) is 3. The maximum Gasteiger partial charge on any atom is 0.241 e. The van der Waals surface area contributed by atoms with E-state index in [-0.39, 0.29) is 11.4 Å². The molecule has 0 aliphatic heterocycles. The Morgan fingerprint density at radius 2 is 1.82 bits per heavy atom. The van der Waals surface area contributed by atoms with Crippen molar-refractivity contribution in [2.75, 3.05) is 0 Å². The minimum atomic E-state index is -0.398. The molecular formula is C16H9ClFN3O. The number of aromatic hydroxyl groups is 1. The van der Waals surface area contributed by atoms with Crippen LogP contribution in [0.1, 0.15) is 0 Å². The van der Waals surface area contributed by atoms with Crippen LogP contribution in [0.3, 0.4) is 0 Å². The van der Waals surface area contributed by atoms with Gasteiger partial charge in [-0.25, -0.2) is 9.37 Å². The smallest absolute Gasteiger partial charge is 0.241 e. The Morgan fingerprint density at radius 3 is 2.59 bits per heavy atom. The fourth-order valence-corrected chi connectivity index (χ4v) is 2.61. The maximum atomic E-state index is 14.1. The molecule has 0 radical (unpaired) electrons. The van der Waals surface area contributed by atoms with Crippen molar-refractivity contribution < 1.29 is 9.50 Å². The highest BCUT2D eigenvalue weighted by Gasteiger charge is 2.17. The van der Waals surface area contributed by atoms with Crippen molar-refractivity contribution in [1.29, 1.82) is 0 Å². The molecule has 0 fully saturated rings. The third-order valence-corrected chi connectivity index (χ3v) is 3.78. The summed E-state index contributed by atoms with van der Waals surface area (Å²) in [7, 11) is 0. The van der Waals surface area contributed by atoms with Crippen LogP contribution in [0.25, 0.3) is 27.5 Å². The number of hydrogen-bond donors (Lipinski definition) is 1. The number of aromatic nitrogens is 3. The van der Waals surface area contributed by atoms with E-state index in [9.17, 15) is 9.50 Å². The van der Waals surface area contributed by atoms with Gasteiger partial charge in [-0.15, -0.1) is 0 Å². The molecule has 6 heteroatoms. The summed E-state index contributed by atoms with van der Waals surface area (Å²) in [5.41, 5.74) is 1.19.